The quantitative estimate of drug-likeness (QED) is 0.857. The first kappa shape index (κ1) is 15.5. The summed E-state index contributed by atoms with van der Waals surface area (Å²) in [4.78, 5) is 21.6. The van der Waals surface area contributed by atoms with E-state index in [1.807, 2.05) is 0 Å². The summed E-state index contributed by atoms with van der Waals surface area (Å²) >= 11 is 0. The molecule has 2 aromatic rings. The normalized spacial score (nSPS) is 10.2. The van der Waals surface area contributed by atoms with E-state index in [2.05, 4.69) is 0 Å². The fourth-order valence-electron chi connectivity index (χ4n) is 1.93. The predicted molar refractivity (Wildman–Crippen MR) is 75.5 cm³/mol. The van der Waals surface area contributed by atoms with Crippen LogP contribution in [-0.2, 0) is 17.8 Å². The number of carboxylic acid groups (broad SMARTS) is 2. The smallest absolute Gasteiger partial charge is 0.336 e. The Morgan fingerprint density at radius 2 is 1.73 bits per heavy atom. The number of hydrogen-bond donors (Lipinski definition) is 2. The van der Waals surface area contributed by atoms with E-state index in [0.717, 1.165) is 12.1 Å². The summed E-state index contributed by atoms with van der Waals surface area (Å²) in [5, 5.41) is 17.7. The average Bonchev–Trinajstić information content (AvgIpc) is 2.45. The molecule has 0 aliphatic rings. The van der Waals surface area contributed by atoms with Crippen LogP contribution in [0.25, 0.3) is 0 Å². The summed E-state index contributed by atoms with van der Waals surface area (Å²) < 4.78 is 18.6. The van der Waals surface area contributed by atoms with Crippen LogP contribution in [0, 0.1) is 5.82 Å². The van der Waals surface area contributed by atoms with Crippen LogP contribution in [0.5, 0.6) is 5.75 Å². The molecule has 2 rings (SSSR count). The second kappa shape index (κ2) is 6.71. The third-order valence-electron chi connectivity index (χ3n) is 2.97. The van der Waals surface area contributed by atoms with Crippen molar-refractivity contribution in [1.29, 1.82) is 0 Å². The van der Waals surface area contributed by atoms with Crippen LogP contribution >= 0.6 is 0 Å². The summed E-state index contributed by atoms with van der Waals surface area (Å²) in [5.41, 5.74) is 0.822. The van der Waals surface area contributed by atoms with E-state index < -0.39 is 17.8 Å². The lowest BCUT2D eigenvalue weighted by Crippen LogP contribution is -2.06. The van der Waals surface area contributed by atoms with Crippen molar-refractivity contribution in [1.82, 2.24) is 0 Å². The van der Waals surface area contributed by atoms with Crippen LogP contribution in [0.15, 0.2) is 42.5 Å². The second-order valence-electron chi connectivity index (χ2n) is 4.61. The van der Waals surface area contributed by atoms with Gasteiger partial charge in [-0.3, -0.25) is 4.79 Å². The van der Waals surface area contributed by atoms with Gasteiger partial charge in [-0.1, -0.05) is 12.1 Å². The molecule has 114 valence electrons. The van der Waals surface area contributed by atoms with Crippen LogP contribution in [0.2, 0.25) is 0 Å². The topological polar surface area (TPSA) is 83.8 Å². The number of carboxylic acids is 2. The summed E-state index contributed by atoms with van der Waals surface area (Å²) in [6.07, 6.45) is -0.0899. The van der Waals surface area contributed by atoms with Gasteiger partial charge in [0.05, 0.1) is 12.0 Å². The largest absolute Gasteiger partial charge is 0.489 e. The molecule has 2 aromatic carbocycles. The Labute approximate surface area is 125 Å². The van der Waals surface area contributed by atoms with Crippen molar-refractivity contribution in [3.63, 3.8) is 0 Å². The lowest BCUT2D eigenvalue weighted by molar-refractivity contribution is -0.136. The molecule has 0 spiro atoms. The van der Waals surface area contributed by atoms with Gasteiger partial charge >= 0.3 is 11.9 Å². The molecule has 5 nitrogen and oxygen atoms in total. The summed E-state index contributed by atoms with van der Waals surface area (Å²) in [5.74, 6) is -2.19. The number of benzene rings is 2. The molecule has 0 aromatic heterocycles. The molecular formula is C16H13FO5. The van der Waals surface area contributed by atoms with Gasteiger partial charge in [0.2, 0.25) is 0 Å². The number of rotatable bonds is 6. The van der Waals surface area contributed by atoms with E-state index in [9.17, 15) is 14.0 Å². The summed E-state index contributed by atoms with van der Waals surface area (Å²) in [6, 6.07) is 9.75. The lowest BCUT2D eigenvalue weighted by atomic mass is 10.1. The highest BCUT2D eigenvalue weighted by molar-refractivity contribution is 5.89. The molecule has 0 radical (unpaired) electrons. The average molecular weight is 304 g/mol. The minimum atomic E-state index is -1.16. The SMILES string of the molecule is O=C(O)Cc1ccc(OCc2cc(F)ccc2C(=O)O)cc1. The molecule has 0 unspecified atom stereocenters. The molecular weight excluding hydrogens is 291 g/mol. The monoisotopic (exact) mass is 304 g/mol. The number of hydrogen-bond acceptors (Lipinski definition) is 3. The first-order valence-electron chi connectivity index (χ1n) is 6.41. The Hall–Kier alpha value is -2.89. The minimum absolute atomic E-state index is 0.0242. The van der Waals surface area contributed by atoms with Gasteiger partial charge in [0, 0.05) is 5.56 Å². The van der Waals surface area contributed by atoms with Crippen molar-refractivity contribution in [3.05, 3.63) is 65.0 Å². The number of ether oxygens (including phenoxy) is 1. The second-order valence-corrected chi connectivity index (χ2v) is 4.61. The van der Waals surface area contributed by atoms with Gasteiger partial charge in [0.15, 0.2) is 0 Å². The number of aliphatic carboxylic acids is 1. The van der Waals surface area contributed by atoms with Crippen molar-refractivity contribution < 1.29 is 28.9 Å². The maximum absolute atomic E-state index is 13.2. The van der Waals surface area contributed by atoms with Crippen molar-refractivity contribution in [3.8, 4) is 5.75 Å². The highest BCUT2D eigenvalue weighted by Crippen LogP contribution is 2.17. The number of carbonyl (C=O) groups is 2. The van der Waals surface area contributed by atoms with Gasteiger partial charge in [-0.15, -0.1) is 0 Å². The van der Waals surface area contributed by atoms with Gasteiger partial charge in [-0.05, 0) is 35.9 Å². The zero-order valence-corrected chi connectivity index (χ0v) is 11.5. The van der Waals surface area contributed by atoms with Crippen LogP contribution in [0.3, 0.4) is 0 Å². The Bertz CT molecular complexity index is 694. The number of halogens is 1. The molecule has 0 fully saturated rings. The summed E-state index contributed by atoms with van der Waals surface area (Å²) in [6.45, 7) is -0.0995. The third-order valence-corrected chi connectivity index (χ3v) is 2.97. The molecule has 0 atom stereocenters. The van der Waals surface area contributed by atoms with Gasteiger partial charge in [-0.25, -0.2) is 9.18 Å². The van der Waals surface area contributed by atoms with Gasteiger partial charge in [0.1, 0.15) is 18.2 Å². The number of aromatic carboxylic acids is 1. The third kappa shape index (κ3) is 4.05. The fraction of sp³-hybridized carbons (Fsp3) is 0.125. The van der Waals surface area contributed by atoms with E-state index in [4.69, 9.17) is 14.9 Å². The Morgan fingerprint density at radius 3 is 2.32 bits per heavy atom. The zero-order valence-electron chi connectivity index (χ0n) is 11.5. The van der Waals surface area contributed by atoms with E-state index >= 15 is 0 Å². The van der Waals surface area contributed by atoms with E-state index in [1.54, 1.807) is 24.3 Å². The maximum atomic E-state index is 13.2. The van der Waals surface area contributed by atoms with Gasteiger partial charge in [-0.2, -0.15) is 0 Å². The molecule has 0 aliphatic heterocycles. The molecule has 22 heavy (non-hydrogen) atoms. The van der Waals surface area contributed by atoms with Crippen LogP contribution in [0.1, 0.15) is 21.5 Å². The molecule has 0 amide bonds. The van der Waals surface area contributed by atoms with Crippen LogP contribution in [0.4, 0.5) is 4.39 Å². The zero-order chi connectivity index (χ0) is 16.1. The Morgan fingerprint density at radius 1 is 1.05 bits per heavy atom. The van der Waals surface area contributed by atoms with Crippen molar-refractivity contribution in [2.75, 3.05) is 0 Å². The van der Waals surface area contributed by atoms with E-state index in [1.165, 1.54) is 6.07 Å². The van der Waals surface area contributed by atoms with Crippen molar-refractivity contribution in [2.24, 2.45) is 0 Å². The maximum Gasteiger partial charge on any atom is 0.336 e. The Kier molecular flexibility index (Phi) is 4.73. The molecule has 0 saturated carbocycles. The molecule has 0 heterocycles. The Balaban J connectivity index is 2.08. The molecule has 0 bridgehead atoms. The minimum Gasteiger partial charge on any atom is -0.489 e. The highest BCUT2D eigenvalue weighted by Gasteiger charge is 2.11. The predicted octanol–water partition coefficient (Wildman–Crippen LogP) is 2.73. The molecule has 0 saturated heterocycles. The van der Waals surface area contributed by atoms with Gasteiger partial charge in [0.25, 0.3) is 0 Å². The van der Waals surface area contributed by atoms with E-state index in [-0.39, 0.29) is 24.2 Å². The molecule has 2 N–H and O–H groups in total. The molecule has 0 aliphatic carbocycles. The first-order valence-corrected chi connectivity index (χ1v) is 6.41. The van der Waals surface area contributed by atoms with Gasteiger partial charge < -0.3 is 14.9 Å². The van der Waals surface area contributed by atoms with Crippen molar-refractivity contribution in [2.45, 2.75) is 13.0 Å². The molecule has 6 heteroatoms. The van der Waals surface area contributed by atoms with Crippen molar-refractivity contribution >= 4 is 11.9 Å². The standard InChI is InChI=1S/C16H13FO5/c17-12-3-6-14(16(20)21)11(8-12)9-22-13-4-1-10(2-5-13)7-15(18)19/h1-6,8H,7,9H2,(H,18,19)(H,20,21). The summed E-state index contributed by atoms with van der Waals surface area (Å²) in [7, 11) is 0. The van der Waals surface area contributed by atoms with E-state index in [0.29, 0.717) is 11.3 Å². The fourth-order valence-corrected chi connectivity index (χ4v) is 1.93. The van der Waals surface area contributed by atoms with Crippen LogP contribution in [-0.4, -0.2) is 22.2 Å². The van der Waals surface area contributed by atoms with Crippen LogP contribution < -0.4 is 4.74 Å². The lowest BCUT2D eigenvalue weighted by Gasteiger charge is -2.09. The first-order chi connectivity index (χ1) is 10.5. The highest BCUT2D eigenvalue weighted by atomic mass is 19.1.